The van der Waals surface area contributed by atoms with E-state index in [0.717, 1.165) is 11.8 Å². The summed E-state index contributed by atoms with van der Waals surface area (Å²) in [6.45, 7) is 39.9. The maximum absolute atomic E-state index is 2.26. The van der Waals surface area contributed by atoms with Crippen LogP contribution in [-0.4, -0.2) is 0 Å². The van der Waals surface area contributed by atoms with Crippen molar-refractivity contribution < 1.29 is 0 Å². The lowest BCUT2D eigenvalue weighted by Crippen LogP contribution is -1.94. The van der Waals surface area contributed by atoms with E-state index in [2.05, 4.69) is 204 Å². The van der Waals surface area contributed by atoms with Crippen LogP contribution in [0.2, 0.25) is 0 Å². The van der Waals surface area contributed by atoms with Gasteiger partial charge in [0.15, 0.2) is 0 Å². The number of benzene rings is 5. The van der Waals surface area contributed by atoms with Gasteiger partial charge in [-0.15, -0.1) is 0 Å². The third kappa shape index (κ3) is 19.5. The molecule has 0 heterocycles. The first-order chi connectivity index (χ1) is 27.4. The lowest BCUT2D eigenvalue weighted by molar-refractivity contribution is 0.736. The van der Waals surface area contributed by atoms with Crippen molar-refractivity contribution in [2.45, 2.75) is 144 Å². The zero-order chi connectivity index (χ0) is 43.9. The Morgan fingerprint density at radius 3 is 1.33 bits per heavy atom. The maximum atomic E-state index is 2.26. The fraction of sp³-hybridized carbons (Fsp3) is 0.404. The second-order valence-corrected chi connectivity index (χ2v) is 14.7. The predicted molar refractivity (Wildman–Crippen MR) is 269 cm³/mol. The first-order valence-electron chi connectivity index (χ1n) is 22.2. The Labute approximate surface area is 353 Å². The van der Waals surface area contributed by atoms with Crippen molar-refractivity contribution in [2.75, 3.05) is 0 Å². The first kappa shape index (κ1) is 54.7. The number of hydrogen-bond donors (Lipinski definition) is 0. The van der Waals surface area contributed by atoms with Crippen molar-refractivity contribution >= 4 is 32.7 Å². The number of allylic oxidation sites excluding steroid dienone is 8. The minimum atomic E-state index is 0.833. The molecule has 0 radical (unpaired) electrons. The van der Waals surface area contributed by atoms with E-state index in [4.69, 9.17) is 0 Å². The van der Waals surface area contributed by atoms with Crippen LogP contribution in [0.3, 0.4) is 0 Å². The zero-order valence-corrected chi connectivity index (χ0v) is 40.2. The molecule has 1 aliphatic rings. The molecule has 0 aliphatic heterocycles. The number of fused-ring (bicyclic) bond motifs is 2. The molecule has 0 heteroatoms. The Kier molecular flexibility index (Phi) is 31.3. The van der Waals surface area contributed by atoms with Crippen LogP contribution in [0.4, 0.5) is 0 Å². The van der Waals surface area contributed by atoms with E-state index in [9.17, 15) is 0 Å². The maximum Gasteiger partial charge on any atom is -0.00264 e. The van der Waals surface area contributed by atoms with E-state index in [1.807, 2.05) is 55.4 Å². The summed E-state index contributed by atoms with van der Waals surface area (Å²) in [6.07, 6.45) is 11.3. The molecule has 0 spiro atoms. The van der Waals surface area contributed by atoms with Gasteiger partial charge in [0.2, 0.25) is 0 Å². The highest BCUT2D eigenvalue weighted by Gasteiger charge is 2.15. The molecule has 312 valence electrons. The van der Waals surface area contributed by atoms with Crippen LogP contribution in [0.1, 0.15) is 154 Å². The molecule has 0 fully saturated rings. The molecule has 57 heavy (non-hydrogen) atoms. The molecular weight excluding hydrogens is 685 g/mol. The molecule has 0 N–H and O–H groups in total. The average molecular weight is 769 g/mol. The van der Waals surface area contributed by atoms with Crippen molar-refractivity contribution in [1.82, 2.24) is 0 Å². The summed E-state index contributed by atoms with van der Waals surface area (Å²) in [5, 5.41) is 5.24. The third-order valence-electron chi connectivity index (χ3n) is 7.93. The first-order valence-corrected chi connectivity index (χ1v) is 22.2. The lowest BCUT2D eigenvalue weighted by atomic mass is 9.86. The van der Waals surface area contributed by atoms with E-state index < -0.39 is 0 Å². The molecule has 0 atom stereocenters. The van der Waals surface area contributed by atoms with Gasteiger partial charge in [-0.3, -0.25) is 0 Å². The number of rotatable bonds is 4. The van der Waals surface area contributed by atoms with E-state index in [1.165, 1.54) is 84.5 Å². The summed E-state index contributed by atoms with van der Waals surface area (Å²) < 4.78 is 0. The summed E-state index contributed by atoms with van der Waals surface area (Å²) in [6, 6.07) is 37.0. The van der Waals surface area contributed by atoms with Crippen LogP contribution in [0.25, 0.3) is 43.8 Å². The predicted octanol–water partition coefficient (Wildman–Crippen LogP) is 19.6. The molecule has 6 rings (SSSR count). The molecule has 0 saturated carbocycles. The quantitative estimate of drug-likeness (QED) is 0.126. The van der Waals surface area contributed by atoms with Gasteiger partial charge in [0.25, 0.3) is 0 Å². The summed E-state index contributed by atoms with van der Waals surface area (Å²) in [4.78, 5) is 0. The molecular formula is C57H84. The van der Waals surface area contributed by atoms with Gasteiger partial charge in [0.05, 0.1) is 0 Å². The summed E-state index contributed by atoms with van der Waals surface area (Å²) >= 11 is 0. The highest BCUT2D eigenvalue weighted by atomic mass is 14.2. The van der Waals surface area contributed by atoms with E-state index in [-0.39, 0.29) is 0 Å². The third-order valence-corrected chi connectivity index (χ3v) is 7.93. The summed E-state index contributed by atoms with van der Waals surface area (Å²) in [7, 11) is 0. The van der Waals surface area contributed by atoms with Gasteiger partial charge in [-0.2, -0.15) is 0 Å². The average Bonchev–Trinajstić information content (AvgIpc) is 3.22. The molecule has 1 aliphatic carbocycles. The normalized spacial score (nSPS) is 11.2. The van der Waals surface area contributed by atoms with Crippen molar-refractivity contribution in [3.8, 4) is 11.1 Å². The standard InChI is InChI=1S/C27H24.C14H16.2C4H10.4C2H6/c1-19(2)17-18-20(3)26-22-13-7-9-15-24(22)27(21-11-5-4-6-12-21)25-16-10-8-14-23(25)26;1-11-7-3-5-9-13(11)14-10-6-4-8-12(14)2;2*1-4(2)3;4*1-2/h4-18H,1-3H3;3-5,7-9H,6,10H2,1-2H3;2*4H,1-3H3;4*1-2H3/b20-18+;;;;;;;. The van der Waals surface area contributed by atoms with Crippen molar-refractivity contribution in [2.24, 2.45) is 11.8 Å². The van der Waals surface area contributed by atoms with Crippen LogP contribution >= 0.6 is 0 Å². The van der Waals surface area contributed by atoms with Crippen LogP contribution < -0.4 is 0 Å². The minimum Gasteiger partial charge on any atom is -0.0839 e. The van der Waals surface area contributed by atoms with Crippen LogP contribution in [0.15, 0.2) is 139 Å². The Morgan fingerprint density at radius 1 is 0.509 bits per heavy atom. The van der Waals surface area contributed by atoms with Crippen molar-refractivity contribution in [1.29, 1.82) is 0 Å². The molecule has 5 aromatic rings. The molecule has 0 bridgehead atoms. The lowest BCUT2D eigenvalue weighted by Gasteiger charge is -2.17. The molecule has 0 saturated heterocycles. The molecule has 0 nitrogen and oxygen atoms in total. The van der Waals surface area contributed by atoms with E-state index in [0.29, 0.717) is 0 Å². The number of aryl methyl sites for hydroxylation is 1. The van der Waals surface area contributed by atoms with Crippen LogP contribution in [0.5, 0.6) is 0 Å². The van der Waals surface area contributed by atoms with Crippen LogP contribution in [-0.2, 0) is 0 Å². The Balaban J connectivity index is 0. The van der Waals surface area contributed by atoms with Gasteiger partial charge >= 0.3 is 0 Å². The smallest absolute Gasteiger partial charge is 0.00264 e. The van der Waals surface area contributed by atoms with Crippen molar-refractivity contribution in [3.63, 3.8) is 0 Å². The highest BCUT2D eigenvalue weighted by molar-refractivity contribution is 6.18. The fourth-order valence-corrected chi connectivity index (χ4v) is 5.89. The summed E-state index contributed by atoms with van der Waals surface area (Å²) in [5.74, 6) is 1.67. The topological polar surface area (TPSA) is 0 Å². The van der Waals surface area contributed by atoms with Crippen molar-refractivity contribution in [3.05, 3.63) is 155 Å². The van der Waals surface area contributed by atoms with Gasteiger partial charge in [-0.25, -0.2) is 0 Å². The second-order valence-electron chi connectivity index (χ2n) is 14.7. The minimum absolute atomic E-state index is 0.833. The Morgan fingerprint density at radius 2 is 0.912 bits per heavy atom. The zero-order valence-electron chi connectivity index (χ0n) is 40.2. The fourth-order valence-electron chi connectivity index (χ4n) is 5.89. The van der Waals surface area contributed by atoms with E-state index in [1.54, 1.807) is 0 Å². The Bertz CT molecular complexity index is 1830. The molecule has 0 amide bonds. The van der Waals surface area contributed by atoms with Gasteiger partial charge in [-0.1, -0.05) is 230 Å². The SMILES string of the molecule is CC.CC.CC.CC.CC(C)=C/C=C(\C)c1c2ccccc2c(-c2ccccc2)c2ccccc12.CC(C)C.CC(C)C.CC1=C(c2ccccc2C)CCC=C1. The van der Waals surface area contributed by atoms with E-state index >= 15 is 0 Å². The molecule has 5 aromatic carbocycles. The highest BCUT2D eigenvalue weighted by Crippen LogP contribution is 2.41. The largest absolute Gasteiger partial charge is 0.0839 e. The van der Waals surface area contributed by atoms with Gasteiger partial charge in [-0.05, 0) is 125 Å². The van der Waals surface area contributed by atoms with Gasteiger partial charge in [0.1, 0.15) is 0 Å². The van der Waals surface area contributed by atoms with Gasteiger partial charge in [0, 0.05) is 0 Å². The monoisotopic (exact) mass is 769 g/mol. The molecule has 0 unspecified atom stereocenters. The molecule has 0 aromatic heterocycles. The summed E-state index contributed by atoms with van der Waals surface area (Å²) in [5.41, 5.74) is 12.3. The van der Waals surface area contributed by atoms with Gasteiger partial charge < -0.3 is 0 Å². The van der Waals surface area contributed by atoms with Crippen LogP contribution in [0, 0.1) is 18.8 Å². The second kappa shape index (κ2) is 32.6. The Hall–Kier alpha value is -4.42. The number of hydrogen-bond acceptors (Lipinski definition) is 0.